The van der Waals surface area contributed by atoms with Gasteiger partial charge in [0, 0.05) is 40.8 Å². The monoisotopic (exact) mass is 482 g/mol. The molecule has 182 valence electrons. The SMILES string of the molecule is Cc1ccc(NC(=O)C(Cc2c[nH]c3ccccc23)NC(=O)c2ccc(/C=C/C(=O)NO)cc2)cc1. The van der Waals surface area contributed by atoms with Gasteiger partial charge in [-0.2, -0.15) is 0 Å². The number of aryl methyl sites for hydroxylation is 1. The fourth-order valence-electron chi connectivity index (χ4n) is 3.79. The average Bonchev–Trinajstić information content (AvgIpc) is 3.31. The van der Waals surface area contributed by atoms with E-state index in [0.29, 0.717) is 23.2 Å². The molecule has 0 bridgehead atoms. The molecule has 0 aliphatic carbocycles. The minimum Gasteiger partial charge on any atom is -0.361 e. The number of carbonyl (C=O) groups excluding carboxylic acids is 3. The molecule has 8 nitrogen and oxygen atoms in total. The van der Waals surface area contributed by atoms with E-state index in [1.807, 2.05) is 61.7 Å². The first-order valence-corrected chi connectivity index (χ1v) is 11.4. The molecule has 0 radical (unpaired) electrons. The second kappa shape index (κ2) is 11.2. The van der Waals surface area contributed by atoms with Crippen molar-refractivity contribution in [3.05, 3.63) is 107 Å². The number of fused-ring (bicyclic) bond motifs is 1. The number of aromatic nitrogens is 1. The third-order valence-electron chi connectivity index (χ3n) is 5.75. The van der Waals surface area contributed by atoms with Gasteiger partial charge >= 0.3 is 0 Å². The fourth-order valence-corrected chi connectivity index (χ4v) is 3.79. The molecule has 5 N–H and O–H groups in total. The Morgan fingerprint density at radius 1 is 0.972 bits per heavy atom. The Labute approximate surface area is 208 Å². The lowest BCUT2D eigenvalue weighted by atomic mass is 10.0. The smallest absolute Gasteiger partial charge is 0.267 e. The predicted molar refractivity (Wildman–Crippen MR) is 138 cm³/mol. The number of nitrogens with one attached hydrogen (secondary N) is 4. The summed E-state index contributed by atoms with van der Waals surface area (Å²) in [5.74, 6) is -1.38. The quantitative estimate of drug-likeness (QED) is 0.148. The number of aromatic amines is 1. The van der Waals surface area contributed by atoms with Gasteiger partial charge < -0.3 is 15.6 Å². The number of anilines is 1. The highest BCUT2D eigenvalue weighted by Crippen LogP contribution is 2.20. The van der Waals surface area contributed by atoms with Gasteiger partial charge in [0.05, 0.1) is 0 Å². The summed E-state index contributed by atoms with van der Waals surface area (Å²) in [5.41, 5.74) is 6.14. The van der Waals surface area contributed by atoms with E-state index in [0.717, 1.165) is 22.0 Å². The lowest BCUT2D eigenvalue weighted by Gasteiger charge is -2.19. The van der Waals surface area contributed by atoms with Crippen LogP contribution >= 0.6 is 0 Å². The molecule has 4 aromatic rings. The van der Waals surface area contributed by atoms with Gasteiger partial charge in [-0.05, 0) is 54.5 Å². The number of amides is 3. The van der Waals surface area contributed by atoms with Crippen molar-refractivity contribution in [3.8, 4) is 0 Å². The predicted octanol–water partition coefficient (Wildman–Crippen LogP) is 3.97. The zero-order chi connectivity index (χ0) is 25.5. The highest BCUT2D eigenvalue weighted by atomic mass is 16.5. The molecule has 4 rings (SSSR count). The number of carbonyl (C=O) groups is 3. The van der Waals surface area contributed by atoms with Gasteiger partial charge in [0.2, 0.25) is 5.91 Å². The van der Waals surface area contributed by atoms with Crippen LogP contribution in [0.3, 0.4) is 0 Å². The summed E-state index contributed by atoms with van der Waals surface area (Å²) in [6.07, 6.45) is 4.82. The van der Waals surface area contributed by atoms with Crippen LogP contribution < -0.4 is 16.1 Å². The van der Waals surface area contributed by atoms with Crippen molar-refractivity contribution < 1.29 is 19.6 Å². The molecule has 1 heterocycles. The largest absolute Gasteiger partial charge is 0.361 e. The molecule has 1 atom stereocenters. The van der Waals surface area contributed by atoms with E-state index in [2.05, 4.69) is 15.6 Å². The van der Waals surface area contributed by atoms with Crippen LogP contribution in [0.1, 0.15) is 27.0 Å². The summed E-state index contributed by atoms with van der Waals surface area (Å²) in [4.78, 5) is 40.7. The Morgan fingerprint density at radius 3 is 2.42 bits per heavy atom. The Morgan fingerprint density at radius 2 is 1.69 bits per heavy atom. The van der Waals surface area contributed by atoms with E-state index in [1.54, 1.807) is 24.3 Å². The summed E-state index contributed by atoms with van der Waals surface area (Å²) in [5, 5.41) is 15.3. The Bertz CT molecular complexity index is 1410. The van der Waals surface area contributed by atoms with Crippen molar-refractivity contribution in [2.75, 3.05) is 5.32 Å². The lowest BCUT2D eigenvalue weighted by Crippen LogP contribution is -2.45. The zero-order valence-corrected chi connectivity index (χ0v) is 19.6. The molecule has 0 saturated carbocycles. The van der Waals surface area contributed by atoms with Gasteiger partial charge in [-0.1, -0.05) is 48.0 Å². The van der Waals surface area contributed by atoms with E-state index < -0.39 is 17.9 Å². The van der Waals surface area contributed by atoms with Crippen LogP contribution in [0.4, 0.5) is 5.69 Å². The first-order chi connectivity index (χ1) is 17.4. The van der Waals surface area contributed by atoms with Crippen LogP contribution in [-0.2, 0) is 16.0 Å². The van der Waals surface area contributed by atoms with Crippen molar-refractivity contribution in [3.63, 3.8) is 0 Å². The molecule has 1 unspecified atom stereocenters. The van der Waals surface area contributed by atoms with Crippen LogP contribution in [-0.4, -0.2) is 34.0 Å². The van der Waals surface area contributed by atoms with Gasteiger partial charge in [0.15, 0.2) is 0 Å². The summed E-state index contributed by atoms with van der Waals surface area (Å²) in [6.45, 7) is 1.97. The molecule has 0 aliphatic heterocycles. The van der Waals surface area contributed by atoms with Crippen molar-refractivity contribution in [1.82, 2.24) is 15.8 Å². The Balaban J connectivity index is 1.54. The Hall–Kier alpha value is -4.69. The molecule has 3 amide bonds. The summed E-state index contributed by atoms with van der Waals surface area (Å²) in [7, 11) is 0. The summed E-state index contributed by atoms with van der Waals surface area (Å²) in [6, 6.07) is 21.0. The highest BCUT2D eigenvalue weighted by molar-refractivity contribution is 6.01. The van der Waals surface area contributed by atoms with Crippen molar-refractivity contribution in [1.29, 1.82) is 0 Å². The third-order valence-corrected chi connectivity index (χ3v) is 5.75. The van der Waals surface area contributed by atoms with Crippen molar-refractivity contribution >= 4 is 40.4 Å². The van der Waals surface area contributed by atoms with Crippen LogP contribution in [0.15, 0.2) is 85.1 Å². The summed E-state index contributed by atoms with van der Waals surface area (Å²) < 4.78 is 0. The number of rotatable bonds is 8. The molecule has 8 heteroatoms. The zero-order valence-electron chi connectivity index (χ0n) is 19.6. The molecule has 36 heavy (non-hydrogen) atoms. The molecular formula is C28H26N4O4. The number of H-pyrrole nitrogens is 1. The van der Waals surface area contributed by atoms with E-state index in [4.69, 9.17) is 5.21 Å². The third kappa shape index (κ3) is 6.05. The van der Waals surface area contributed by atoms with Gasteiger partial charge in [-0.15, -0.1) is 0 Å². The number of hydroxylamine groups is 1. The number of para-hydroxylation sites is 1. The van der Waals surface area contributed by atoms with Crippen molar-refractivity contribution in [2.24, 2.45) is 0 Å². The molecule has 3 aromatic carbocycles. The van der Waals surface area contributed by atoms with Crippen LogP contribution in [0, 0.1) is 6.92 Å². The minimum atomic E-state index is -0.828. The molecule has 0 fully saturated rings. The van der Waals surface area contributed by atoms with E-state index in [1.165, 1.54) is 17.6 Å². The topological polar surface area (TPSA) is 123 Å². The number of hydrogen-bond acceptors (Lipinski definition) is 4. The molecule has 0 spiro atoms. The average molecular weight is 483 g/mol. The Kier molecular flexibility index (Phi) is 7.57. The fraction of sp³-hybridized carbons (Fsp3) is 0.107. The number of benzene rings is 3. The maximum atomic E-state index is 13.3. The highest BCUT2D eigenvalue weighted by Gasteiger charge is 2.23. The van der Waals surface area contributed by atoms with E-state index >= 15 is 0 Å². The first-order valence-electron chi connectivity index (χ1n) is 11.4. The number of hydrogen-bond donors (Lipinski definition) is 5. The second-order valence-corrected chi connectivity index (χ2v) is 8.38. The van der Waals surface area contributed by atoms with Gasteiger partial charge in [0.1, 0.15) is 6.04 Å². The van der Waals surface area contributed by atoms with Gasteiger partial charge in [-0.3, -0.25) is 19.6 Å². The molecular weight excluding hydrogens is 456 g/mol. The first kappa shape index (κ1) is 24.4. The second-order valence-electron chi connectivity index (χ2n) is 8.38. The van der Waals surface area contributed by atoms with Gasteiger partial charge in [0.25, 0.3) is 11.8 Å². The van der Waals surface area contributed by atoms with Gasteiger partial charge in [-0.25, -0.2) is 5.48 Å². The van der Waals surface area contributed by atoms with E-state index in [9.17, 15) is 14.4 Å². The lowest BCUT2D eigenvalue weighted by molar-refractivity contribution is -0.124. The molecule has 0 saturated heterocycles. The molecule has 0 aliphatic rings. The van der Waals surface area contributed by atoms with E-state index in [-0.39, 0.29) is 5.91 Å². The van der Waals surface area contributed by atoms with Crippen LogP contribution in [0.2, 0.25) is 0 Å². The molecule has 1 aromatic heterocycles. The van der Waals surface area contributed by atoms with Crippen molar-refractivity contribution in [2.45, 2.75) is 19.4 Å². The van der Waals surface area contributed by atoms with Crippen LogP contribution in [0.25, 0.3) is 17.0 Å². The normalized spacial score (nSPS) is 11.8. The maximum Gasteiger partial charge on any atom is 0.267 e. The standard InChI is InChI=1S/C28H26N4O4/c1-18-6-13-22(14-7-18)30-28(35)25(16-21-17-29-24-5-3-2-4-23(21)24)31-27(34)20-11-8-19(9-12-20)10-15-26(33)32-36/h2-15,17,25,29,36H,16H2,1H3,(H,30,35)(H,31,34)(H,32,33)/b15-10+. The van der Waals surface area contributed by atoms with Crippen LogP contribution in [0.5, 0.6) is 0 Å². The summed E-state index contributed by atoms with van der Waals surface area (Å²) >= 11 is 0. The maximum absolute atomic E-state index is 13.3. The minimum absolute atomic E-state index is 0.296.